The molecule has 0 spiro atoms. The number of rotatable bonds is 17. The number of piperazine rings is 1. The molecular weight excluding hydrogens is 574 g/mol. The van der Waals surface area contributed by atoms with Crippen molar-refractivity contribution < 1.29 is 14.6 Å². The van der Waals surface area contributed by atoms with Gasteiger partial charge in [0.1, 0.15) is 18.2 Å². The highest BCUT2D eigenvalue weighted by atomic mass is 35.5. The molecule has 1 N–H and O–H groups in total. The van der Waals surface area contributed by atoms with Crippen molar-refractivity contribution in [3.63, 3.8) is 0 Å². The van der Waals surface area contributed by atoms with E-state index >= 15 is 0 Å². The number of likely N-dealkylation sites (tertiary alicyclic amines) is 1. The van der Waals surface area contributed by atoms with Crippen molar-refractivity contribution in [1.82, 2.24) is 24.3 Å². The molecule has 2 fully saturated rings. The van der Waals surface area contributed by atoms with Gasteiger partial charge in [-0.15, -0.1) is 0 Å². The summed E-state index contributed by atoms with van der Waals surface area (Å²) < 4.78 is 13.9. The predicted molar refractivity (Wildman–Crippen MR) is 179 cm³/mol. The van der Waals surface area contributed by atoms with Gasteiger partial charge in [0.25, 0.3) is 0 Å². The number of aliphatic hydroxyl groups is 1. The number of nitrogens with zero attached hydrogens (tertiary/aromatic N) is 5. The highest BCUT2D eigenvalue weighted by molar-refractivity contribution is 6.30. The third-order valence-electron chi connectivity index (χ3n) is 9.39. The Balaban J connectivity index is 0.979. The maximum atomic E-state index is 8.83. The molecule has 3 heterocycles. The Morgan fingerprint density at radius 3 is 2.20 bits per heavy atom. The molecule has 44 heavy (non-hydrogen) atoms. The largest absolute Gasteiger partial charge is 0.486 e. The minimum atomic E-state index is 0.112. The Bertz CT molecular complexity index is 1250. The van der Waals surface area contributed by atoms with E-state index in [0.717, 1.165) is 68.9 Å². The average Bonchev–Trinajstić information content (AvgIpc) is 3.41. The molecule has 5 rings (SSSR count). The second-order valence-corrected chi connectivity index (χ2v) is 13.0. The summed E-state index contributed by atoms with van der Waals surface area (Å²) in [6.45, 7) is 15.4. The molecule has 8 nitrogen and oxygen atoms in total. The predicted octanol–water partition coefficient (Wildman–Crippen LogP) is 5.48. The van der Waals surface area contributed by atoms with E-state index < -0.39 is 0 Å². The number of hydrogen-bond acceptors (Lipinski definition) is 7. The summed E-state index contributed by atoms with van der Waals surface area (Å²) >= 11 is 6.05. The molecule has 2 aliphatic rings. The summed E-state index contributed by atoms with van der Waals surface area (Å²) in [5.41, 5.74) is 3.50. The van der Waals surface area contributed by atoms with Crippen LogP contribution in [0.15, 0.2) is 42.5 Å². The number of aliphatic hydroxyl groups excluding tert-OH is 1. The minimum absolute atomic E-state index is 0.112. The number of fused-ring (bicyclic) bond motifs is 1. The molecule has 0 aliphatic carbocycles. The summed E-state index contributed by atoms with van der Waals surface area (Å²) in [6, 6.07) is 14.0. The molecule has 1 aromatic heterocycles. The number of piperidine rings is 1. The Morgan fingerprint density at radius 2 is 1.50 bits per heavy atom. The van der Waals surface area contributed by atoms with E-state index in [2.05, 4.69) is 44.4 Å². The maximum absolute atomic E-state index is 8.83. The molecular formula is C35H52ClN5O3. The molecule has 0 radical (unpaired) electrons. The lowest BCUT2D eigenvalue weighted by molar-refractivity contribution is 0.0571. The first kappa shape index (κ1) is 33.2. The van der Waals surface area contributed by atoms with Gasteiger partial charge in [0.2, 0.25) is 0 Å². The van der Waals surface area contributed by atoms with Crippen LogP contribution >= 0.6 is 11.6 Å². The fourth-order valence-corrected chi connectivity index (χ4v) is 6.80. The SMILES string of the molecule is Cc1cccc2c1nc(COc1ccc(Cl)cc1)n2CCCC1CCN(CCCCN2CCN(CCOCCO)CC2)CC1. The van der Waals surface area contributed by atoms with Gasteiger partial charge in [-0.05, 0) is 113 Å². The van der Waals surface area contributed by atoms with Crippen LogP contribution < -0.4 is 4.74 Å². The van der Waals surface area contributed by atoms with Crippen molar-refractivity contribution in [2.75, 3.05) is 78.7 Å². The molecule has 242 valence electrons. The first-order chi connectivity index (χ1) is 21.6. The van der Waals surface area contributed by atoms with E-state index in [1.807, 2.05) is 24.3 Å². The third kappa shape index (κ3) is 9.90. The van der Waals surface area contributed by atoms with Crippen molar-refractivity contribution >= 4 is 22.6 Å². The van der Waals surface area contributed by atoms with E-state index in [4.69, 9.17) is 31.2 Å². The van der Waals surface area contributed by atoms with E-state index in [1.165, 1.54) is 75.8 Å². The van der Waals surface area contributed by atoms with Crippen molar-refractivity contribution in [2.45, 2.75) is 58.6 Å². The Morgan fingerprint density at radius 1 is 0.818 bits per heavy atom. The normalized spacial score (nSPS) is 17.5. The number of unbranched alkanes of at least 4 members (excludes halogenated alkanes) is 1. The van der Waals surface area contributed by atoms with Crippen molar-refractivity contribution in [1.29, 1.82) is 0 Å². The van der Waals surface area contributed by atoms with Crippen LogP contribution in [0.5, 0.6) is 5.75 Å². The topological polar surface area (TPSA) is 66.2 Å². The molecule has 0 saturated carbocycles. The quantitative estimate of drug-likeness (QED) is 0.199. The van der Waals surface area contributed by atoms with Gasteiger partial charge in [0.15, 0.2) is 0 Å². The Hall–Kier alpha value is -2.20. The van der Waals surface area contributed by atoms with Gasteiger partial charge in [-0.2, -0.15) is 0 Å². The monoisotopic (exact) mass is 625 g/mol. The molecule has 0 unspecified atom stereocenters. The molecule has 2 aromatic carbocycles. The first-order valence-electron chi connectivity index (χ1n) is 16.8. The zero-order chi connectivity index (χ0) is 30.6. The molecule has 9 heteroatoms. The van der Waals surface area contributed by atoms with Crippen LogP contribution in [0, 0.1) is 12.8 Å². The van der Waals surface area contributed by atoms with E-state index in [-0.39, 0.29) is 6.61 Å². The van der Waals surface area contributed by atoms with Crippen molar-refractivity contribution in [3.8, 4) is 5.75 Å². The van der Waals surface area contributed by atoms with Crippen LogP contribution in [-0.4, -0.2) is 108 Å². The highest BCUT2D eigenvalue weighted by Crippen LogP contribution is 2.26. The molecule has 2 aliphatic heterocycles. The summed E-state index contributed by atoms with van der Waals surface area (Å²) in [6.07, 6.45) is 7.67. The van der Waals surface area contributed by atoms with Gasteiger partial charge in [0.05, 0.1) is 30.9 Å². The highest BCUT2D eigenvalue weighted by Gasteiger charge is 2.20. The maximum Gasteiger partial charge on any atom is 0.148 e. The Kier molecular flexibility index (Phi) is 13.2. The fraction of sp³-hybridized carbons (Fsp3) is 0.629. The fourth-order valence-electron chi connectivity index (χ4n) is 6.68. The lowest BCUT2D eigenvalue weighted by atomic mass is 9.92. The molecule has 0 atom stereocenters. The number of benzene rings is 2. The lowest BCUT2D eigenvalue weighted by Crippen LogP contribution is -2.47. The second-order valence-electron chi connectivity index (χ2n) is 12.5. The smallest absolute Gasteiger partial charge is 0.148 e. The number of hydrogen-bond donors (Lipinski definition) is 1. The average molecular weight is 626 g/mol. The van der Waals surface area contributed by atoms with Crippen molar-refractivity contribution in [2.24, 2.45) is 5.92 Å². The molecule has 0 bridgehead atoms. The van der Waals surface area contributed by atoms with E-state index in [0.29, 0.717) is 18.2 Å². The zero-order valence-corrected chi connectivity index (χ0v) is 27.4. The number of aryl methyl sites for hydroxylation is 2. The minimum Gasteiger partial charge on any atom is -0.486 e. The van der Waals surface area contributed by atoms with Crippen LogP contribution in [-0.2, 0) is 17.9 Å². The Labute approximate surface area is 268 Å². The van der Waals surface area contributed by atoms with Crippen LogP contribution in [0.4, 0.5) is 0 Å². The van der Waals surface area contributed by atoms with Gasteiger partial charge in [-0.1, -0.05) is 23.7 Å². The van der Waals surface area contributed by atoms with E-state index in [9.17, 15) is 0 Å². The number of halogens is 1. The van der Waals surface area contributed by atoms with Crippen molar-refractivity contribution in [3.05, 3.63) is 58.9 Å². The molecule has 2 saturated heterocycles. The first-order valence-corrected chi connectivity index (χ1v) is 17.2. The summed E-state index contributed by atoms with van der Waals surface area (Å²) in [5.74, 6) is 2.62. The lowest BCUT2D eigenvalue weighted by Gasteiger charge is -2.35. The van der Waals surface area contributed by atoms with Crippen LogP contribution in [0.25, 0.3) is 11.0 Å². The second kappa shape index (κ2) is 17.5. The summed E-state index contributed by atoms with van der Waals surface area (Å²) in [4.78, 5) is 12.8. The van der Waals surface area contributed by atoms with E-state index in [1.54, 1.807) is 0 Å². The molecule has 0 amide bonds. The van der Waals surface area contributed by atoms with Gasteiger partial charge >= 0.3 is 0 Å². The third-order valence-corrected chi connectivity index (χ3v) is 9.65. The zero-order valence-electron chi connectivity index (χ0n) is 26.6. The molecule has 3 aromatic rings. The van der Waals surface area contributed by atoms with Gasteiger partial charge in [-0.3, -0.25) is 4.90 Å². The van der Waals surface area contributed by atoms with Crippen LogP contribution in [0.1, 0.15) is 49.9 Å². The number of para-hydroxylation sites is 1. The summed E-state index contributed by atoms with van der Waals surface area (Å²) in [7, 11) is 0. The summed E-state index contributed by atoms with van der Waals surface area (Å²) in [5, 5.41) is 9.54. The van der Waals surface area contributed by atoms with Crippen LogP contribution in [0.3, 0.4) is 0 Å². The van der Waals surface area contributed by atoms with Crippen LogP contribution in [0.2, 0.25) is 5.02 Å². The standard InChI is InChI=1S/C35H52ClN5O3/c1-29-6-4-8-33-35(29)37-34(28-44-32-11-9-31(36)10-12-32)41(33)17-5-7-30-13-18-38(19-14-30)15-2-3-16-39-20-22-40(23-21-39)24-26-43-27-25-42/h4,6,8-12,30,42H,2-3,5,7,13-28H2,1H3. The number of imidazole rings is 1. The van der Waals surface area contributed by atoms with Gasteiger partial charge < -0.3 is 28.9 Å². The number of ether oxygens (including phenoxy) is 2. The number of aromatic nitrogens is 2. The van der Waals surface area contributed by atoms with Gasteiger partial charge in [-0.25, -0.2) is 4.98 Å². The van der Waals surface area contributed by atoms with Gasteiger partial charge in [0, 0.05) is 44.3 Å².